The van der Waals surface area contributed by atoms with Gasteiger partial charge in [0.25, 0.3) is 5.78 Å². The van der Waals surface area contributed by atoms with Crippen LogP contribution in [-0.2, 0) is 11.3 Å². The Morgan fingerprint density at radius 3 is 2.11 bits per heavy atom. The van der Waals surface area contributed by atoms with Gasteiger partial charge >= 0.3 is 12.3 Å². The Balaban J connectivity index is 1.61. The lowest BCUT2D eigenvalue weighted by molar-refractivity contribution is -0.0885. The number of carbonyl (C=O) groups excluding carboxylic acids is 2. The van der Waals surface area contributed by atoms with Gasteiger partial charge in [-0.05, 0) is 69.7 Å². The first kappa shape index (κ1) is 28.5. The summed E-state index contributed by atoms with van der Waals surface area (Å²) in [5.74, 6) is -1.15. The topological polar surface area (TPSA) is 67.9 Å². The van der Waals surface area contributed by atoms with E-state index in [1.807, 2.05) is 39.0 Å². The van der Waals surface area contributed by atoms with E-state index in [-0.39, 0.29) is 23.7 Å². The van der Waals surface area contributed by atoms with Gasteiger partial charge in [0, 0.05) is 36.8 Å². The molecule has 0 heterocycles. The van der Waals surface area contributed by atoms with Gasteiger partial charge in [0.2, 0.25) is 0 Å². The van der Waals surface area contributed by atoms with Gasteiger partial charge in [-0.3, -0.25) is 4.79 Å². The van der Waals surface area contributed by atoms with Gasteiger partial charge in [-0.25, -0.2) is 4.79 Å². The van der Waals surface area contributed by atoms with Crippen molar-refractivity contribution in [2.45, 2.75) is 76.9 Å². The third-order valence-corrected chi connectivity index (χ3v) is 6.53. The van der Waals surface area contributed by atoms with Crippen molar-refractivity contribution in [1.29, 1.82) is 0 Å². The first-order valence-corrected chi connectivity index (χ1v) is 12.4. The maximum Gasteiger partial charge on any atom is 0.454 e. The Morgan fingerprint density at radius 2 is 1.57 bits per heavy atom. The molecule has 37 heavy (non-hydrogen) atoms. The molecule has 1 fully saturated rings. The Labute approximate surface area is 216 Å². The van der Waals surface area contributed by atoms with Crippen LogP contribution in [0.1, 0.15) is 62.4 Å². The van der Waals surface area contributed by atoms with Crippen LogP contribution in [0.3, 0.4) is 0 Å². The van der Waals surface area contributed by atoms with Gasteiger partial charge in [-0.1, -0.05) is 30.3 Å². The van der Waals surface area contributed by atoms with Gasteiger partial charge < -0.3 is 19.7 Å². The smallest absolute Gasteiger partial charge is 0.454 e. The minimum atomic E-state index is -4.90. The number of carbonyl (C=O) groups is 2. The quantitative estimate of drug-likeness (QED) is 0.430. The molecule has 9 heteroatoms. The van der Waals surface area contributed by atoms with E-state index < -0.39 is 17.6 Å². The Hall–Kier alpha value is -3.07. The van der Waals surface area contributed by atoms with E-state index >= 15 is 0 Å². The zero-order valence-electron chi connectivity index (χ0n) is 21.9. The highest BCUT2D eigenvalue weighted by Crippen LogP contribution is 2.30. The third kappa shape index (κ3) is 7.71. The summed E-state index contributed by atoms with van der Waals surface area (Å²) in [6.45, 7) is 6.12. The zero-order chi connectivity index (χ0) is 27.4. The predicted octanol–water partition coefficient (Wildman–Crippen LogP) is 6.37. The van der Waals surface area contributed by atoms with Crippen LogP contribution in [0.15, 0.2) is 42.5 Å². The van der Waals surface area contributed by atoms with Crippen LogP contribution in [0.4, 0.5) is 18.0 Å². The van der Waals surface area contributed by atoms with Crippen LogP contribution in [0.25, 0.3) is 11.1 Å². The van der Waals surface area contributed by atoms with Crippen molar-refractivity contribution in [1.82, 2.24) is 10.2 Å². The Bertz CT molecular complexity index is 1090. The van der Waals surface area contributed by atoms with E-state index in [1.54, 1.807) is 19.1 Å². The highest BCUT2D eigenvalue weighted by molar-refractivity contribution is 6.00. The maximum atomic E-state index is 12.7. The highest BCUT2D eigenvalue weighted by atomic mass is 19.4. The van der Waals surface area contributed by atoms with Crippen LogP contribution < -0.4 is 10.1 Å². The molecule has 1 saturated carbocycles. The molecule has 0 atom stereocenters. The summed E-state index contributed by atoms with van der Waals surface area (Å²) in [6, 6.07) is 11.4. The lowest BCUT2D eigenvalue weighted by Gasteiger charge is -2.36. The molecule has 0 aliphatic heterocycles. The number of Topliss-reactive ketones (excluding diaryl/α,β-unsaturated/α-hetero) is 1. The second-order valence-electron chi connectivity index (χ2n) is 10.4. The first-order chi connectivity index (χ1) is 17.3. The molecule has 0 radical (unpaired) electrons. The van der Waals surface area contributed by atoms with E-state index in [9.17, 15) is 22.8 Å². The average Bonchev–Trinajstić information content (AvgIpc) is 2.85. The lowest BCUT2D eigenvalue weighted by atomic mass is 9.90. The van der Waals surface area contributed by atoms with E-state index in [4.69, 9.17) is 9.47 Å². The second-order valence-corrected chi connectivity index (χ2v) is 10.4. The Kier molecular flexibility index (Phi) is 8.89. The number of ether oxygens (including phenoxy) is 2. The molecule has 1 aliphatic rings. The minimum absolute atomic E-state index is 0.137. The summed E-state index contributed by atoms with van der Waals surface area (Å²) in [6.07, 6.45) is -1.64. The number of hydrogen-bond acceptors (Lipinski definition) is 5. The van der Waals surface area contributed by atoms with Crippen molar-refractivity contribution in [3.05, 3.63) is 53.6 Å². The normalized spacial score (nSPS) is 18.3. The fourth-order valence-electron chi connectivity index (χ4n) is 4.48. The number of rotatable bonds is 7. The Morgan fingerprint density at radius 1 is 0.973 bits per heavy atom. The van der Waals surface area contributed by atoms with E-state index in [0.717, 1.165) is 36.8 Å². The number of nitrogens with zero attached hydrogens (tertiary/aromatic N) is 1. The molecule has 2 aromatic rings. The van der Waals surface area contributed by atoms with E-state index in [2.05, 4.69) is 5.32 Å². The number of hydrogen-bond donors (Lipinski definition) is 1. The van der Waals surface area contributed by atoms with E-state index in [1.165, 1.54) is 24.3 Å². The van der Waals surface area contributed by atoms with Gasteiger partial charge in [0.05, 0.1) is 7.11 Å². The molecule has 0 unspecified atom stereocenters. The van der Waals surface area contributed by atoms with Crippen molar-refractivity contribution >= 4 is 11.9 Å². The van der Waals surface area contributed by atoms with Crippen molar-refractivity contribution in [2.75, 3.05) is 14.2 Å². The molecule has 1 aliphatic carbocycles. The fraction of sp³-hybridized carbons (Fsp3) is 0.500. The van der Waals surface area contributed by atoms with Crippen LogP contribution in [0.5, 0.6) is 5.75 Å². The minimum Gasteiger partial charge on any atom is -0.496 e. The molecule has 6 nitrogen and oxygen atoms in total. The van der Waals surface area contributed by atoms with Gasteiger partial charge in [0.15, 0.2) is 0 Å². The predicted molar refractivity (Wildman–Crippen MR) is 136 cm³/mol. The molecular weight excluding hydrogens is 485 g/mol. The lowest BCUT2D eigenvalue weighted by Crippen LogP contribution is -2.44. The summed E-state index contributed by atoms with van der Waals surface area (Å²) in [5, 5.41) is 3.57. The number of benzene rings is 2. The van der Waals surface area contributed by atoms with E-state index in [0.29, 0.717) is 17.9 Å². The molecule has 2 aromatic carbocycles. The highest BCUT2D eigenvalue weighted by Gasteiger charge is 2.39. The number of alkyl halides is 3. The van der Waals surface area contributed by atoms with Gasteiger partial charge in [0.1, 0.15) is 11.4 Å². The van der Waals surface area contributed by atoms with Crippen molar-refractivity contribution in [3.8, 4) is 16.9 Å². The molecule has 202 valence electrons. The van der Waals surface area contributed by atoms with Crippen molar-refractivity contribution in [3.63, 3.8) is 0 Å². The number of nitrogens with one attached hydrogen (secondary N) is 1. The monoisotopic (exact) mass is 520 g/mol. The number of amides is 1. The largest absolute Gasteiger partial charge is 0.496 e. The third-order valence-electron chi connectivity index (χ3n) is 6.53. The molecule has 0 spiro atoms. The molecule has 0 saturated heterocycles. The molecule has 1 amide bonds. The number of halogens is 3. The molecule has 3 rings (SSSR count). The van der Waals surface area contributed by atoms with Crippen LogP contribution >= 0.6 is 0 Å². The van der Waals surface area contributed by atoms with Crippen LogP contribution in [0, 0.1) is 0 Å². The molecule has 0 bridgehead atoms. The molecule has 0 aromatic heterocycles. The summed E-state index contributed by atoms with van der Waals surface area (Å²) in [4.78, 5) is 25.5. The summed E-state index contributed by atoms with van der Waals surface area (Å²) < 4.78 is 49.1. The summed E-state index contributed by atoms with van der Waals surface area (Å²) in [5.41, 5.74) is 1.52. The van der Waals surface area contributed by atoms with Crippen molar-refractivity contribution in [2.24, 2.45) is 0 Å². The molecular formula is C28H35F3N2O4. The molecule has 1 N–H and O–H groups in total. The SMILES string of the molecule is COc1ccc(-c2ccc(C(=O)C(F)(F)F)cc2)cc1CN[C@H]1CC[C@H](N(C)C(=O)OC(C)(C)C)CC1. The average molecular weight is 521 g/mol. The summed E-state index contributed by atoms with van der Waals surface area (Å²) in [7, 11) is 3.38. The second kappa shape index (κ2) is 11.5. The van der Waals surface area contributed by atoms with Crippen LogP contribution in [0.2, 0.25) is 0 Å². The first-order valence-electron chi connectivity index (χ1n) is 12.4. The maximum absolute atomic E-state index is 12.7. The number of methoxy groups -OCH3 is 1. The van der Waals surface area contributed by atoms with Gasteiger partial charge in [-0.2, -0.15) is 13.2 Å². The van der Waals surface area contributed by atoms with Crippen LogP contribution in [-0.4, -0.2) is 54.8 Å². The van der Waals surface area contributed by atoms with Crippen molar-refractivity contribution < 1.29 is 32.2 Å². The number of ketones is 1. The van der Waals surface area contributed by atoms with Gasteiger partial charge in [-0.15, -0.1) is 0 Å². The zero-order valence-corrected chi connectivity index (χ0v) is 21.9. The fourth-order valence-corrected chi connectivity index (χ4v) is 4.48. The summed E-state index contributed by atoms with van der Waals surface area (Å²) >= 11 is 0. The standard InChI is InChI=1S/C28H35F3N2O4/c1-27(2,3)37-26(35)33(4)23-13-11-22(12-14-23)32-17-21-16-20(10-15-24(21)36-5)18-6-8-19(9-7-18)25(34)28(29,30)31/h6-10,15-16,22-23,32H,11-14,17H2,1-5H3/t22-,23-.